The number of hydrogen-bond donors (Lipinski definition) is 2. The van der Waals surface area contributed by atoms with Crippen LogP contribution in [0.1, 0.15) is 16.7 Å². The van der Waals surface area contributed by atoms with Crippen LogP contribution in [0.2, 0.25) is 5.15 Å². The minimum absolute atomic E-state index is 0.0799. The van der Waals surface area contributed by atoms with Crippen LogP contribution in [0, 0.1) is 13.8 Å². The first kappa shape index (κ1) is 20.3. The average molecular weight is 406 g/mol. The van der Waals surface area contributed by atoms with Crippen molar-refractivity contribution in [2.45, 2.75) is 13.8 Å². The molecule has 0 bridgehead atoms. The Morgan fingerprint density at radius 3 is 2.34 bits per heavy atom. The van der Waals surface area contributed by atoms with Gasteiger partial charge in [0.25, 0.3) is 11.8 Å². The lowest BCUT2D eigenvalue weighted by Gasteiger charge is -2.12. The molecule has 146 valence electrons. The van der Waals surface area contributed by atoms with Crippen LogP contribution in [-0.2, 0) is 9.59 Å². The molecule has 2 aromatic carbocycles. The molecule has 2 amide bonds. The van der Waals surface area contributed by atoms with Crippen LogP contribution in [0.25, 0.3) is 6.08 Å². The Kier molecular flexibility index (Phi) is 6.42. The number of para-hydroxylation sites is 1. The van der Waals surface area contributed by atoms with Crippen molar-refractivity contribution < 1.29 is 9.59 Å². The summed E-state index contributed by atoms with van der Waals surface area (Å²) in [6.07, 6.45) is 2.98. The maximum atomic E-state index is 13.0. The Hall–Kier alpha value is -3.44. The van der Waals surface area contributed by atoms with Crippen LogP contribution in [0.5, 0.6) is 0 Å². The molecule has 0 aliphatic heterocycles. The summed E-state index contributed by atoms with van der Waals surface area (Å²) in [4.78, 5) is 29.9. The number of aromatic nitrogens is 1. The standard InChI is InChI=1S/C23H20ClN3O2/c1-15-10-11-20(16(2)13-15)27-23(29)19(14-17-7-6-12-25-21(17)24)22(28)26-18-8-4-3-5-9-18/h3-14H,1-2H3,(H,26,28)(H,27,29)/b19-14+. The summed E-state index contributed by atoms with van der Waals surface area (Å²) in [6, 6.07) is 18.0. The molecule has 2 N–H and O–H groups in total. The smallest absolute Gasteiger partial charge is 0.261 e. The molecule has 3 aromatic rings. The molecule has 0 unspecified atom stereocenters. The van der Waals surface area contributed by atoms with E-state index < -0.39 is 11.8 Å². The lowest BCUT2D eigenvalue weighted by Crippen LogP contribution is -2.25. The molecule has 29 heavy (non-hydrogen) atoms. The fourth-order valence-corrected chi connectivity index (χ4v) is 2.93. The highest BCUT2D eigenvalue weighted by Crippen LogP contribution is 2.20. The van der Waals surface area contributed by atoms with Crippen LogP contribution < -0.4 is 10.6 Å². The summed E-state index contributed by atoms with van der Waals surface area (Å²) in [5.41, 5.74) is 3.60. The molecule has 0 aliphatic rings. The molecule has 1 heterocycles. The molecule has 6 heteroatoms. The van der Waals surface area contributed by atoms with Gasteiger partial charge in [-0.2, -0.15) is 0 Å². The summed E-state index contributed by atoms with van der Waals surface area (Å²) in [6.45, 7) is 3.87. The van der Waals surface area contributed by atoms with Crippen LogP contribution in [0.3, 0.4) is 0 Å². The highest BCUT2D eigenvalue weighted by molar-refractivity contribution is 6.32. The molecular weight excluding hydrogens is 386 g/mol. The van der Waals surface area contributed by atoms with Gasteiger partial charge >= 0.3 is 0 Å². The van der Waals surface area contributed by atoms with E-state index in [4.69, 9.17) is 11.6 Å². The topological polar surface area (TPSA) is 71.1 Å². The van der Waals surface area contributed by atoms with Crippen molar-refractivity contribution in [3.05, 3.63) is 94.3 Å². The summed E-state index contributed by atoms with van der Waals surface area (Å²) in [7, 11) is 0. The van der Waals surface area contributed by atoms with Gasteiger partial charge in [-0.1, -0.05) is 53.6 Å². The van der Waals surface area contributed by atoms with Crippen molar-refractivity contribution >= 4 is 40.9 Å². The second kappa shape index (κ2) is 9.17. The molecular formula is C23H20ClN3O2. The van der Waals surface area contributed by atoms with Gasteiger partial charge in [0.05, 0.1) is 0 Å². The van der Waals surface area contributed by atoms with Gasteiger partial charge in [-0.25, -0.2) is 4.98 Å². The Labute approximate surface area is 174 Å². The van der Waals surface area contributed by atoms with E-state index in [0.717, 1.165) is 11.1 Å². The van der Waals surface area contributed by atoms with Crippen LogP contribution in [-0.4, -0.2) is 16.8 Å². The number of aryl methyl sites for hydroxylation is 2. The Morgan fingerprint density at radius 2 is 1.66 bits per heavy atom. The normalized spacial score (nSPS) is 11.1. The summed E-state index contributed by atoms with van der Waals surface area (Å²) in [5, 5.41) is 5.76. The van der Waals surface area contributed by atoms with Gasteiger partial charge in [0.2, 0.25) is 0 Å². The fourth-order valence-electron chi connectivity index (χ4n) is 2.76. The second-order valence-electron chi connectivity index (χ2n) is 6.53. The first-order valence-corrected chi connectivity index (χ1v) is 9.39. The number of amides is 2. The second-order valence-corrected chi connectivity index (χ2v) is 6.89. The molecule has 5 nitrogen and oxygen atoms in total. The lowest BCUT2D eigenvalue weighted by atomic mass is 10.1. The van der Waals surface area contributed by atoms with Gasteiger partial charge in [-0.3, -0.25) is 9.59 Å². The number of hydrogen-bond acceptors (Lipinski definition) is 3. The van der Waals surface area contributed by atoms with E-state index in [1.54, 1.807) is 42.6 Å². The van der Waals surface area contributed by atoms with E-state index in [2.05, 4.69) is 15.6 Å². The number of benzene rings is 2. The van der Waals surface area contributed by atoms with E-state index >= 15 is 0 Å². The molecule has 0 spiro atoms. The van der Waals surface area contributed by atoms with Crippen molar-refractivity contribution in [3.8, 4) is 0 Å². The molecule has 0 fully saturated rings. The van der Waals surface area contributed by atoms with E-state index in [-0.39, 0.29) is 10.7 Å². The third kappa shape index (κ3) is 5.30. The van der Waals surface area contributed by atoms with E-state index in [1.807, 2.05) is 38.1 Å². The largest absolute Gasteiger partial charge is 0.322 e. The summed E-state index contributed by atoms with van der Waals surface area (Å²) >= 11 is 6.12. The van der Waals surface area contributed by atoms with Crippen molar-refractivity contribution in [3.63, 3.8) is 0 Å². The average Bonchev–Trinajstić information content (AvgIpc) is 2.70. The maximum absolute atomic E-state index is 13.0. The molecule has 3 rings (SSSR count). The number of rotatable bonds is 5. The van der Waals surface area contributed by atoms with Crippen molar-refractivity contribution in [2.24, 2.45) is 0 Å². The predicted molar refractivity (Wildman–Crippen MR) is 117 cm³/mol. The number of nitrogens with one attached hydrogen (secondary N) is 2. The third-order valence-corrected chi connectivity index (χ3v) is 4.55. The number of pyridine rings is 1. The number of anilines is 2. The Balaban J connectivity index is 1.94. The van der Waals surface area contributed by atoms with Crippen molar-refractivity contribution in [1.29, 1.82) is 0 Å². The zero-order chi connectivity index (χ0) is 20.8. The Bertz CT molecular complexity index is 1080. The lowest BCUT2D eigenvalue weighted by molar-refractivity contribution is -0.118. The number of carbonyl (C=O) groups excluding carboxylic acids is 2. The molecule has 0 atom stereocenters. The first-order chi connectivity index (χ1) is 13.9. The molecule has 1 aromatic heterocycles. The molecule has 0 aliphatic carbocycles. The SMILES string of the molecule is Cc1ccc(NC(=O)/C(=C/c2cccnc2Cl)C(=O)Nc2ccccc2)c(C)c1. The minimum Gasteiger partial charge on any atom is -0.322 e. The maximum Gasteiger partial charge on any atom is 0.261 e. The zero-order valence-electron chi connectivity index (χ0n) is 16.1. The highest BCUT2D eigenvalue weighted by Gasteiger charge is 2.20. The van der Waals surface area contributed by atoms with Crippen LogP contribution in [0.15, 0.2) is 72.4 Å². The molecule has 0 saturated heterocycles. The van der Waals surface area contributed by atoms with E-state index in [0.29, 0.717) is 16.9 Å². The number of nitrogens with zero attached hydrogens (tertiary/aromatic N) is 1. The first-order valence-electron chi connectivity index (χ1n) is 9.01. The Morgan fingerprint density at radius 1 is 0.931 bits per heavy atom. The van der Waals surface area contributed by atoms with E-state index in [1.165, 1.54) is 6.08 Å². The number of halogens is 1. The summed E-state index contributed by atoms with van der Waals surface area (Å²) < 4.78 is 0. The fraction of sp³-hybridized carbons (Fsp3) is 0.0870. The van der Waals surface area contributed by atoms with Gasteiger partial charge in [0.15, 0.2) is 0 Å². The third-order valence-electron chi connectivity index (χ3n) is 4.24. The van der Waals surface area contributed by atoms with Gasteiger partial charge in [-0.05, 0) is 49.8 Å². The van der Waals surface area contributed by atoms with Gasteiger partial charge in [0.1, 0.15) is 10.7 Å². The van der Waals surface area contributed by atoms with Crippen LogP contribution in [0.4, 0.5) is 11.4 Å². The monoisotopic (exact) mass is 405 g/mol. The predicted octanol–water partition coefficient (Wildman–Crippen LogP) is 5.01. The van der Waals surface area contributed by atoms with E-state index in [9.17, 15) is 9.59 Å². The van der Waals surface area contributed by atoms with Crippen LogP contribution >= 0.6 is 11.6 Å². The van der Waals surface area contributed by atoms with Crippen molar-refractivity contribution in [1.82, 2.24) is 4.98 Å². The van der Waals surface area contributed by atoms with Gasteiger partial charge < -0.3 is 10.6 Å². The number of carbonyl (C=O) groups is 2. The highest BCUT2D eigenvalue weighted by atomic mass is 35.5. The van der Waals surface area contributed by atoms with Gasteiger partial charge in [0, 0.05) is 23.1 Å². The van der Waals surface area contributed by atoms with Crippen molar-refractivity contribution in [2.75, 3.05) is 10.6 Å². The molecule has 0 radical (unpaired) electrons. The minimum atomic E-state index is -0.543. The summed E-state index contributed by atoms with van der Waals surface area (Å²) in [5.74, 6) is -1.08. The quantitative estimate of drug-likeness (QED) is 0.271. The molecule has 0 saturated carbocycles. The zero-order valence-corrected chi connectivity index (χ0v) is 16.8. The van der Waals surface area contributed by atoms with Gasteiger partial charge in [-0.15, -0.1) is 0 Å².